The van der Waals surface area contributed by atoms with Crippen LogP contribution in [0.25, 0.3) is 0 Å². The third kappa shape index (κ3) is 4.60. The molecule has 3 aromatic carbocycles. The highest BCUT2D eigenvalue weighted by Crippen LogP contribution is 2.29. The molecule has 1 aliphatic rings. The lowest BCUT2D eigenvalue weighted by Crippen LogP contribution is -2.30. The number of carbonyl (C=O) groups excluding carboxylic acids is 4. The van der Waals surface area contributed by atoms with Crippen LogP contribution in [-0.2, 0) is 14.3 Å². The summed E-state index contributed by atoms with van der Waals surface area (Å²) in [6.07, 6.45) is -0.870. The molecule has 2 unspecified atom stereocenters. The first-order valence-corrected chi connectivity index (χ1v) is 10.7. The first kappa shape index (κ1) is 22.1. The quantitative estimate of drug-likeness (QED) is 0.444. The Bertz CT molecular complexity index is 1250. The van der Waals surface area contributed by atoms with Crippen molar-refractivity contribution < 1.29 is 23.9 Å². The first-order valence-electron chi connectivity index (χ1n) is 10.7. The fourth-order valence-electron chi connectivity index (χ4n) is 3.87. The van der Waals surface area contributed by atoms with Gasteiger partial charge in [-0.1, -0.05) is 61.5 Å². The van der Waals surface area contributed by atoms with Crippen LogP contribution in [0.3, 0.4) is 0 Å². The van der Waals surface area contributed by atoms with Gasteiger partial charge >= 0.3 is 5.97 Å². The number of anilines is 1. The third-order valence-electron chi connectivity index (χ3n) is 5.71. The second-order valence-corrected chi connectivity index (χ2v) is 8.10. The molecule has 2 atom stereocenters. The molecule has 0 saturated heterocycles. The van der Waals surface area contributed by atoms with Gasteiger partial charge in [-0.05, 0) is 36.6 Å². The molecule has 1 N–H and O–H groups in total. The van der Waals surface area contributed by atoms with E-state index in [9.17, 15) is 19.2 Å². The summed E-state index contributed by atoms with van der Waals surface area (Å²) in [7, 11) is 0. The van der Waals surface area contributed by atoms with Crippen LogP contribution in [0.15, 0.2) is 72.8 Å². The Balaban J connectivity index is 1.41. The maximum absolute atomic E-state index is 12.9. The molecule has 4 rings (SSSR count). The van der Waals surface area contributed by atoms with Crippen LogP contribution in [0.2, 0.25) is 0 Å². The van der Waals surface area contributed by atoms with Gasteiger partial charge in [-0.3, -0.25) is 19.2 Å². The fraction of sp³-hybridized carbons (Fsp3) is 0.185. The van der Waals surface area contributed by atoms with Crippen molar-refractivity contribution in [2.24, 2.45) is 0 Å². The van der Waals surface area contributed by atoms with Gasteiger partial charge in [-0.25, -0.2) is 0 Å². The lowest BCUT2D eigenvalue weighted by atomic mass is 9.84. The summed E-state index contributed by atoms with van der Waals surface area (Å²) in [6.45, 7) is 3.41. The van der Waals surface area contributed by atoms with E-state index in [1.165, 1.54) is 19.1 Å². The predicted molar refractivity (Wildman–Crippen MR) is 123 cm³/mol. The third-order valence-corrected chi connectivity index (χ3v) is 5.71. The Hall–Kier alpha value is -4.06. The van der Waals surface area contributed by atoms with Crippen LogP contribution in [0.1, 0.15) is 63.6 Å². The van der Waals surface area contributed by atoms with Crippen LogP contribution in [0, 0.1) is 0 Å². The van der Waals surface area contributed by atoms with Gasteiger partial charge in [0.25, 0.3) is 5.91 Å². The van der Waals surface area contributed by atoms with Crippen LogP contribution in [-0.4, -0.2) is 29.5 Å². The van der Waals surface area contributed by atoms with E-state index in [2.05, 4.69) is 5.32 Å². The highest BCUT2D eigenvalue weighted by Gasteiger charge is 2.29. The monoisotopic (exact) mass is 441 g/mol. The van der Waals surface area contributed by atoms with Gasteiger partial charge in [0.1, 0.15) is 0 Å². The van der Waals surface area contributed by atoms with Crippen molar-refractivity contribution in [1.82, 2.24) is 0 Å². The van der Waals surface area contributed by atoms with Crippen molar-refractivity contribution in [1.29, 1.82) is 0 Å². The molecular formula is C27H23NO5. The molecule has 0 aliphatic heterocycles. The topological polar surface area (TPSA) is 89.5 Å². The Morgan fingerprint density at radius 2 is 1.36 bits per heavy atom. The molecule has 0 aromatic heterocycles. The van der Waals surface area contributed by atoms with E-state index in [4.69, 9.17) is 4.74 Å². The predicted octanol–water partition coefficient (Wildman–Crippen LogP) is 4.53. The number of amides is 1. The van der Waals surface area contributed by atoms with Crippen molar-refractivity contribution >= 4 is 29.1 Å². The van der Waals surface area contributed by atoms with E-state index >= 15 is 0 Å². The van der Waals surface area contributed by atoms with Crippen molar-refractivity contribution in [2.45, 2.75) is 32.3 Å². The van der Waals surface area contributed by atoms with Crippen molar-refractivity contribution in [2.75, 3.05) is 5.32 Å². The molecule has 0 heterocycles. The minimum Gasteiger partial charge on any atom is -0.453 e. The van der Waals surface area contributed by atoms with E-state index in [1.807, 2.05) is 37.3 Å². The highest BCUT2D eigenvalue weighted by molar-refractivity contribution is 6.28. The lowest BCUT2D eigenvalue weighted by molar-refractivity contribution is -0.153. The first-order chi connectivity index (χ1) is 15.8. The van der Waals surface area contributed by atoms with E-state index in [1.54, 1.807) is 30.3 Å². The highest BCUT2D eigenvalue weighted by atomic mass is 16.5. The molecule has 1 amide bonds. The number of carbonyl (C=O) groups is 4. The smallest absolute Gasteiger partial charge is 0.307 e. The number of esters is 1. The summed E-state index contributed by atoms with van der Waals surface area (Å²) in [5.74, 6) is -1.54. The second kappa shape index (κ2) is 9.20. The van der Waals surface area contributed by atoms with Gasteiger partial charge in [0.2, 0.25) is 0 Å². The minimum absolute atomic E-state index is 0.0407. The SMILES string of the molecule is CC(OC(=O)CC(C)c1ccccc1)C(=O)Nc1ccc2c(c1)C(=O)c1ccccc1C2=O. The van der Waals surface area contributed by atoms with E-state index < -0.39 is 18.0 Å². The molecule has 1 aliphatic carbocycles. The Morgan fingerprint density at radius 3 is 2.03 bits per heavy atom. The Morgan fingerprint density at radius 1 is 0.788 bits per heavy atom. The molecule has 3 aromatic rings. The van der Waals surface area contributed by atoms with Gasteiger partial charge in [-0.2, -0.15) is 0 Å². The maximum atomic E-state index is 12.9. The molecular weight excluding hydrogens is 418 g/mol. The molecule has 0 fully saturated rings. The maximum Gasteiger partial charge on any atom is 0.307 e. The molecule has 0 saturated carbocycles. The summed E-state index contributed by atoms with van der Waals surface area (Å²) in [5.41, 5.74) is 2.61. The molecule has 6 nitrogen and oxygen atoms in total. The standard InChI is InChI=1S/C27H23NO5/c1-16(18-8-4-3-5-9-18)14-24(29)33-17(2)27(32)28-19-12-13-22-23(15-19)26(31)21-11-7-6-10-20(21)25(22)30/h3-13,15-17H,14H2,1-2H3,(H,28,32). The number of benzene rings is 3. The van der Waals surface area contributed by atoms with Gasteiger partial charge in [0.05, 0.1) is 6.42 Å². The van der Waals surface area contributed by atoms with Crippen LogP contribution < -0.4 is 5.32 Å². The zero-order valence-electron chi connectivity index (χ0n) is 18.3. The molecule has 166 valence electrons. The number of fused-ring (bicyclic) bond motifs is 2. The van der Waals surface area contributed by atoms with Crippen molar-refractivity contribution in [3.63, 3.8) is 0 Å². The van der Waals surface area contributed by atoms with Gasteiger partial charge in [0, 0.05) is 27.9 Å². The van der Waals surface area contributed by atoms with Gasteiger partial charge in [-0.15, -0.1) is 0 Å². The Labute approximate surface area is 191 Å². The molecule has 0 spiro atoms. The second-order valence-electron chi connectivity index (χ2n) is 8.10. The lowest BCUT2D eigenvalue weighted by Gasteiger charge is -2.19. The number of rotatable bonds is 6. The largest absolute Gasteiger partial charge is 0.453 e. The van der Waals surface area contributed by atoms with Crippen molar-refractivity contribution in [3.05, 3.63) is 101 Å². The number of nitrogens with one attached hydrogen (secondary N) is 1. The summed E-state index contributed by atoms with van der Waals surface area (Å²) in [5, 5.41) is 2.66. The summed E-state index contributed by atoms with van der Waals surface area (Å²) in [6, 6.07) is 20.8. The Kier molecular flexibility index (Phi) is 6.18. The molecule has 6 heteroatoms. The zero-order chi connectivity index (χ0) is 23.5. The summed E-state index contributed by atoms with van der Waals surface area (Å²) >= 11 is 0. The molecule has 0 radical (unpaired) electrons. The average Bonchev–Trinajstić information content (AvgIpc) is 2.83. The van der Waals surface area contributed by atoms with Gasteiger partial charge < -0.3 is 10.1 Å². The number of hydrogen-bond acceptors (Lipinski definition) is 5. The number of ketones is 2. The van der Waals surface area contributed by atoms with E-state index in [-0.39, 0.29) is 29.5 Å². The minimum atomic E-state index is -1.02. The summed E-state index contributed by atoms with van der Waals surface area (Å²) in [4.78, 5) is 50.4. The average molecular weight is 441 g/mol. The van der Waals surface area contributed by atoms with E-state index in [0.717, 1.165) is 5.56 Å². The summed E-state index contributed by atoms with van der Waals surface area (Å²) < 4.78 is 5.30. The van der Waals surface area contributed by atoms with Crippen LogP contribution >= 0.6 is 0 Å². The number of ether oxygens (including phenoxy) is 1. The van der Waals surface area contributed by atoms with E-state index in [0.29, 0.717) is 22.4 Å². The van der Waals surface area contributed by atoms with Gasteiger partial charge in [0.15, 0.2) is 17.7 Å². The normalized spacial score (nSPS) is 14.0. The molecule has 33 heavy (non-hydrogen) atoms. The zero-order valence-corrected chi connectivity index (χ0v) is 18.3. The fourth-order valence-corrected chi connectivity index (χ4v) is 3.87. The number of hydrogen-bond donors (Lipinski definition) is 1. The molecule has 0 bridgehead atoms. The van der Waals surface area contributed by atoms with Crippen molar-refractivity contribution in [3.8, 4) is 0 Å². The van der Waals surface area contributed by atoms with Crippen LogP contribution in [0.5, 0.6) is 0 Å². The van der Waals surface area contributed by atoms with Crippen LogP contribution in [0.4, 0.5) is 5.69 Å².